The first kappa shape index (κ1) is 14.5. The van der Waals surface area contributed by atoms with E-state index in [2.05, 4.69) is 0 Å². The molecular weight excluding hydrogens is 301 g/mol. The molecule has 0 spiro atoms. The Morgan fingerprint density at radius 2 is 2.17 bits per heavy atom. The van der Waals surface area contributed by atoms with Crippen LogP contribution in [0, 0.1) is 17.7 Å². The summed E-state index contributed by atoms with van der Waals surface area (Å²) in [5, 5.41) is 0. The summed E-state index contributed by atoms with van der Waals surface area (Å²) in [6.07, 6.45) is 1.20. The van der Waals surface area contributed by atoms with Gasteiger partial charge in [0.25, 0.3) is 0 Å². The number of nitrogens with zero attached hydrogens (tertiary/aromatic N) is 1. The molecule has 6 heteroatoms. The van der Waals surface area contributed by atoms with E-state index in [9.17, 15) is 14.0 Å². The number of carbonyl (C=O) groups excluding carboxylic acids is 2. The maximum atomic E-state index is 14.0. The Labute approximate surface area is 133 Å². The lowest BCUT2D eigenvalue weighted by Gasteiger charge is -2.23. The van der Waals surface area contributed by atoms with Crippen LogP contribution in [0.3, 0.4) is 0 Å². The summed E-state index contributed by atoms with van der Waals surface area (Å²) in [6.45, 7) is 2.28. The summed E-state index contributed by atoms with van der Waals surface area (Å²) in [5.41, 5.74) is 0.649. The molecule has 0 N–H and O–H groups in total. The molecule has 1 aromatic carbocycles. The SMILES string of the molecule is CCOC(=O)[C@@H]1CN(C(=O)C2CC2)[C@H]2c3cccc(F)c3O[C@@H]12. The van der Waals surface area contributed by atoms with E-state index in [-0.39, 0.29) is 36.7 Å². The van der Waals surface area contributed by atoms with Crippen molar-refractivity contribution < 1.29 is 23.5 Å². The second-order valence-corrected chi connectivity index (χ2v) is 6.31. The Morgan fingerprint density at radius 3 is 2.87 bits per heavy atom. The average Bonchev–Trinajstić information content (AvgIpc) is 3.20. The number of carbonyl (C=O) groups is 2. The van der Waals surface area contributed by atoms with Crippen LogP contribution in [-0.4, -0.2) is 36.0 Å². The van der Waals surface area contributed by atoms with Crippen LogP contribution >= 0.6 is 0 Å². The van der Waals surface area contributed by atoms with Crippen LogP contribution in [0.2, 0.25) is 0 Å². The first-order chi connectivity index (χ1) is 11.1. The second-order valence-electron chi connectivity index (χ2n) is 6.31. The Kier molecular flexibility index (Phi) is 3.28. The van der Waals surface area contributed by atoms with E-state index in [1.807, 2.05) is 0 Å². The number of esters is 1. The van der Waals surface area contributed by atoms with E-state index in [0.29, 0.717) is 5.56 Å². The van der Waals surface area contributed by atoms with E-state index in [1.165, 1.54) is 6.07 Å². The highest BCUT2D eigenvalue weighted by Gasteiger charge is 2.56. The van der Waals surface area contributed by atoms with Gasteiger partial charge in [-0.05, 0) is 25.8 Å². The van der Waals surface area contributed by atoms with Crippen LogP contribution < -0.4 is 4.74 Å². The maximum Gasteiger partial charge on any atom is 0.314 e. The van der Waals surface area contributed by atoms with Crippen LogP contribution in [0.25, 0.3) is 0 Å². The van der Waals surface area contributed by atoms with Crippen molar-refractivity contribution in [2.45, 2.75) is 31.9 Å². The Bertz CT molecular complexity index is 673. The molecule has 4 rings (SSSR count). The number of likely N-dealkylation sites (tertiary alicyclic amines) is 1. The fourth-order valence-electron chi connectivity index (χ4n) is 3.59. The fourth-order valence-corrected chi connectivity index (χ4v) is 3.59. The Balaban J connectivity index is 1.71. The largest absolute Gasteiger partial charge is 0.483 e. The number of benzene rings is 1. The molecule has 2 heterocycles. The third-order valence-corrected chi connectivity index (χ3v) is 4.81. The Morgan fingerprint density at radius 1 is 1.39 bits per heavy atom. The maximum absolute atomic E-state index is 14.0. The first-order valence-electron chi connectivity index (χ1n) is 8.04. The number of para-hydroxylation sites is 1. The van der Waals surface area contributed by atoms with E-state index >= 15 is 0 Å². The molecule has 122 valence electrons. The van der Waals surface area contributed by atoms with Crippen LogP contribution in [0.15, 0.2) is 18.2 Å². The van der Waals surface area contributed by atoms with Gasteiger partial charge in [0.15, 0.2) is 11.6 Å². The summed E-state index contributed by atoms with van der Waals surface area (Å²) in [6, 6.07) is 4.30. The van der Waals surface area contributed by atoms with Gasteiger partial charge in [-0.3, -0.25) is 9.59 Å². The third-order valence-electron chi connectivity index (χ3n) is 4.81. The van der Waals surface area contributed by atoms with E-state index in [1.54, 1.807) is 24.0 Å². The number of hydrogen-bond donors (Lipinski definition) is 0. The van der Waals surface area contributed by atoms with Gasteiger partial charge < -0.3 is 14.4 Å². The number of amides is 1. The molecule has 1 saturated heterocycles. The first-order valence-corrected chi connectivity index (χ1v) is 8.04. The monoisotopic (exact) mass is 319 g/mol. The lowest BCUT2D eigenvalue weighted by atomic mass is 9.98. The normalized spacial score (nSPS) is 28.1. The summed E-state index contributed by atoms with van der Waals surface area (Å²) in [4.78, 5) is 26.5. The van der Waals surface area contributed by atoms with Crippen molar-refractivity contribution in [2.24, 2.45) is 11.8 Å². The summed E-state index contributed by atoms with van der Waals surface area (Å²) < 4.78 is 24.9. The van der Waals surface area contributed by atoms with Gasteiger partial charge in [-0.2, -0.15) is 0 Å². The molecule has 1 amide bonds. The number of halogens is 1. The quantitative estimate of drug-likeness (QED) is 0.800. The molecule has 23 heavy (non-hydrogen) atoms. The minimum Gasteiger partial charge on any atom is -0.483 e. The zero-order chi connectivity index (χ0) is 16.1. The van der Waals surface area contributed by atoms with Gasteiger partial charge in [-0.15, -0.1) is 0 Å². The molecule has 3 atom stereocenters. The summed E-state index contributed by atoms with van der Waals surface area (Å²) >= 11 is 0. The average molecular weight is 319 g/mol. The summed E-state index contributed by atoms with van der Waals surface area (Å²) in [5.74, 6) is -1.19. The van der Waals surface area contributed by atoms with Crippen molar-refractivity contribution in [2.75, 3.05) is 13.2 Å². The van der Waals surface area contributed by atoms with Gasteiger partial charge in [0.05, 0.1) is 12.6 Å². The molecule has 2 aliphatic heterocycles. The number of hydrogen-bond acceptors (Lipinski definition) is 4. The van der Waals surface area contributed by atoms with Crippen LogP contribution in [-0.2, 0) is 14.3 Å². The molecular formula is C17H18FNO4. The second kappa shape index (κ2) is 5.22. The van der Waals surface area contributed by atoms with Crippen LogP contribution in [0.4, 0.5) is 4.39 Å². The predicted octanol–water partition coefficient (Wildman–Crippen LogP) is 2.06. The van der Waals surface area contributed by atoms with Crippen molar-refractivity contribution in [3.05, 3.63) is 29.6 Å². The highest BCUT2D eigenvalue weighted by Crippen LogP contribution is 2.50. The zero-order valence-electron chi connectivity index (χ0n) is 12.8. The molecule has 5 nitrogen and oxygen atoms in total. The van der Waals surface area contributed by atoms with E-state index in [0.717, 1.165) is 12.8 Å². The van der Waals surface area contributed by atoms with Gasteiger partial charge in [0, 0.05) is 18.0 Å². The van der Waals surface area contributed by atoms with E-state index in [4.69, 9.17) is 9.47 Å². The molecule has 0 aromatic heterocycles. The molecule has 3 aliphatic rings. The fraction of sp³-hybridized carbons (Fsp3) is 0.529. The van der Waals surface area contributed by atoms with Crippen molar-refractivity contribution in [1.82, 2.24) is 4.90 Å². The van der Waals surface area contributed by atoms with Crippen molar-refractivity contribution in [1.29, 1.82) is 0 Å². The third kappa shape index (κ3) is 2.19. The van der Waals surface area contributed by atoms with Crippen LogP contribution in [0.1, 0.15) is 31.4 Å². The number of rotatable bonds is 3. The highest BCUT2D eigenvalue weighted by molar-refractivity contribution is 5.84. The molecule has 1 saturated carbocycles. The van der Waals surface area contributed by atoms with Crippen molar-refractivity contribution in [3.63, 3.8) is 0 Å². The van der Waals surface area contributed by atoms with Crippen molar-refractivity contribution in [3.8, 4) is 5.75 Å². The van der Waals surface area contributed by atoms with Crippen LogP contribution in [0.5, 0.6) is 5.75 Å². The lowest BCUT2D eigenvalue weighted by Crippen LogP contribution is -2.33. The van der Waals surface area contributed by atoms with Gasteiger partial charge in [-0.1, -0.05) is 12.1 Å². The molecule has 2 fully saturated rings. The smallest absolute Gasteiger partial charge is 0.314 e. The standard InChI is InChI=1S/C17H18FNO4/c1-2-22-17(21)11-8-19(16(20)9-6-7-9)13-10-4-3-5-12(18)14(10)23-15(11)13/h3-5,9,11,13,15H,2,6-8H2,1H3/t11-,13+,15+/m1/s1. The lowest BCUT2D eigenvalue weighted by molar-refractivity contribution is -0.149. The summed E-state index contributed by atoms with van der Waals surface area (Å²) in [7, 11) is 0. The van der Waals surface area contributed by atoms with Gasteiger partial charge in [-0.25, -0.2) is 4.39 Å². The Hall–Kier alpha value is -2.11. The minimum atomic E-state index is -0.575. The predicted molar refractivity (Wildman–Crippen MR) is 78.1 cm³/mol. The van der Waals surface area contributed by atoms with Crippen molar-refractivity contribution >= 4 is 11.9 Å². The van der Waals surface area contributed by atoms with Gasteiger partial charge in [0.2, 0.25) is 5.91 Å². The van der Waals surface area contributed by atoms with Gasteiger partial charge >= 0.3 is 5.97 Å². The van der Waals surface area contributed by atoms with Gasteiger partial charge in [0.1, 0.15) is 12.0 Å². The molecule has 0 unspecified atom stereocenters. The highest BCUT2D eigenvalue weighted by atomic mass is 19.1. The molecule has 1 aromatic rings. The zero-order valence-corrected chi connectivity index (χ0v) is 12.8. The molecule has 0 radical (unpaired) electrons. The molecule has 0 bridgehead atoms. The van der Waals surface area contributed by atoms with E-state index < -0.39 is 23.9 Å². The number of fused-ring (bicyclic) bond motifs is 3. The minimum absolute atomic E-state index is 0.0347. The number of ether oxygens (including phenoxy) is 2. The topological polar surface area (TPSA) is 55.8 Å². The molecule has 1 aliphatic carbocycles.